The van der Waals surface area contributed by atoms with Crippen LogP contribution in [-0.4, -0.2) is 28.2 Å². The van der Waals surface area contributed by atoms with Gasteiger partial charge in [-0.3, -0.25) is 0 Å². The number of anilines is 2. The summed E-state index contributed by atoms with van der Waals surface area (Å²) in [5.41, 5.74) is 5.85. The van der Waals surface area contributed by atoms with E-state index in [0.717, 1.165) is 18.1 Å². The average molecular weight is 246 g/mol. The lowest BCUT2D eigenvalue weighted by Crippen LogP contribution is -2.31. The van der Waals surface area contributed by atoms with Crippen LogP contribution < -0.4 is 11.1 Å². The molecule has 0 radical (unpaired) electrons. The van der Waals surface area contributed by atoms with E-state index in [9.17, 15) is 0 Å². The third-order valence-corrected chi connectivity index (χ3v) is 4.15. The normalized spacial score (nSPS) is 33.9. The molecule has 3 heterocycles. The van der Waals surface area contributed by atoms with E-state index >= 15 is 0 Å². The van der Waals surface area contributed by atoms with E-state index in [0.29, 0.717) is 30.0 Å². The van der Waals surface area contributed by atoms with E-state index < -0.39 is 0 Å². The van der Waals surface area contributed by atoms with Crippen molar-refractivity contribution in [3.63, 3.8) is 0 Å². The Morgan fingerprint density at radius 2 is 2.11 bits per heavy atom. The lowest BCUT2D eigenvalue weighted by molar-refractivity contribution is 0.102. The Balaban J connectivity index is 1.53. The van der Waals surface area contributed by atoms with Gasteiger partial charge >= 0.3 is 0 Å². The van der Waals surface area contributed by atoms with Crippen molar-refractivity contribution in [1.82, 2.24) is 9.97 Å². The van der Waals surface area contributed by atoms with E-state index in [2.05, 4.69) is 15.3 Å². The van der Waals surface area contributed by atoms with Crippen molar-refractivity contribution >= 4 is 11.6 Å². The number of ether oxygens (including phenoxy) is 1. The summed E-state index contributed by atoms with van der Waals surface area (Å²) in [5, 5.41) is 3.48. The summed E-state index contributed by atoms with van der Waals surface area (Å²) in [7, 11) is 0. The maximum Gasteiger partial charge on any atom is 0.136 e. The van der Waals surface area contributed by atoms with Crippen LogP contribution >= 0.6 is 0 Å². The Hall–Kier alpha value is -1.36. The Morgan fingerprint density at radius 3 is 2.78 bits per heavy atom. The van der Waals surface area contributed by atoms with Crippen molar-refractivity contribution in [1.29, 1.82) is 0 Å². The first-order valence-corrected chi connectivity index (χ1v) is 6.84. The monoisotopic (exact) mass is 246 g/mol. The first kappa shape index (κ1) is 10.6. The third-order valence-electron chi connectivity index (χ3n) is 4.15. The predicted octanol–water partition coefficient (Wildman–Crippen LogP) is 1.67. The summed E-state index contributed by atoms with van der Waals surface area (Å²) in [4.78, 5) is 8.90. The highest BCUT2D eigenvalue weighted by atomic mass is 16.5. The first-order valence-electron chi connectivity index (χ1n) is 6.84. The number of hydrogen-bond acceptors (Lipinski definition) is 5. The quantitative estimate of drug-likeness (QED) is 0.848. The summed E-state index contributed by atoms with van der Waals surface area (Å²) in [6.45, 7) is 0. The van der Waals surface area contributed by atoms with E-state index in [4.69, 9.17) is 10.5 Å². The third kappa shape index (κ3) is 1.82. The Bertz CT molecular complexity index is 474. The zero-order valence-corrected chi connectivity index (χ0v) is 10.3. The molecule has 2 saturated heterocycles. The van der Waals surface area contributed by atoms with Crippen LogP contribution in [-0.2, 0) is 4.74 Å². The molecular weight excluding hydrogens is 228 g/mol. The molecule has 0 aromatic carbocycles. The van der Waals surface area contributed by atoms with Crippen molar-refractivity contribution in [2.75, 3.05) is 11.1 Å². The van der Waals surface area contributed by atoms with Crippen LogP contribution in [0.5, 0.6) is 0 Å². The number of aromatic nitrogens is 2. The van der Waals surface area contributed by atoms with Crippen LogP contribution in [0.2, 0.25) is 0 Å². The first-order chi connectivity index (χ1) is 8.78. The molecular formula is C13H18N4O. The highest BCUT2D eigenvalue weighted by molar-refractivity contribution is 5.46. The fourth-order valence-electron chi connectivity index (χ4n) is 3.06. The maximum atomic E-state index is 5.85. The number of fused-ring (bicyclic) bond motifs is 2. The lowest BCUT2D eigenvalue weighted by atomic mass is 9.95. The summed E-state index contributed by atoms with van der Waals surface area (Å²) in [5.74, 6) is 2.87. The zero-order chi connectivity index (χ0) is 12.1. The molecule has 4 rings (SSSR count). The van der Waals surface area contributed by atoms with Gasteiger partial charge in [-0.1, -0.05) is 0 Å². The second-order valence-corrected chi connectivity index (χ2v) is 5.67. The van der Waals surface area contributed by atoms with Crippen molar-refractivity contribution in [2.24, 2.45) is 0 Å². The number of nitrogens with one attached hydrogen (secondary N) is 1. The molecule has 1 aliphatic carbocycles. The Kier molecular flexibility index (Phi) is 2.24. The molecule has 3 unspecified atom stereocenters. The van der Waals surface area contributed by atoms with Gasteiger partial charge < -0.3 is 15.8 Å². The van der Waals surface area contributed by atoms with E-state index in [1.807, 2.05) is 6.07 Å². The molecule has 0 amide bonds. The van der Waals surface area contributed by atoms with Gasteiger partial charge in [0, 0.05) is 12.0 Å². The Labute approximate surface area is 106 Å². The van der Waals surface area contributed by atoms with Crippen LogP contribution in [0.4, 0.5) is 11.6 Å². The van der Waals surface area contributed by atoms with E-state index in [1.54, 1.807) is 0 Å². The summed E-state index contributed by atoms with van der Waals surface area (Å²) < 4.78 is 5.84. The number of rotatable bonds is 3. The molecule has 96 valence electrons. The molecule has 0 spiro atoms. The minimum atomic E-state index is 0.357. The lowest BCUT2D eigenvalue weighted by Gasteiger charge is -2.20. The van der Waals surface area contributed by atoms with Gasteiger partial charge in [-0.15, -0.1) is 0 Å². The van der Waals surface area contributed by atoms with E-state index in [-0.39, 0.29) is 0 Å². The minimum Gasteiger partial charge on any atom is -0.384 e. The van der Waals surface area contributed by atoms with Gasteiger partial charge in [0.1, 0.15) is 17.5 Å². The number of nitrogen functional groups attached to an aromatic ring is 1. The largest absolute Gasteiger partial charge is 0.384 e. The minimum absolute atomic E-state index is 0.357. The Morgan fingerprint density at radius 1 is 1.22 bits per heavy atom. The number of nitrogens with zero attached hydrogens (tertiary/aromatic N) is 2. The molecule has 3 N–H and O–H groups in total. The topological polar surface area (TPSA) is 73.1 Å². The van der Waals surface area contributed by atoms with Gasteiger partial charge in [-0.25, -0.2) is 9.97 Å². The molecule has 5 heteroatoms. The van der Waals surface area contributed by atoms with Crippen molar-refractivity contribution in [3.8, 4) is 0 Å². The second-order valence-electron chi connectivity index (χ2n) is 5.67. The number of hydrogen-bond donors (Lipinski definition) is 2. The molecule has 1 saturated carbocycles. The van der Waals surface area contributed by atoms with Crippen LogP contribution in [0.15, 0.2) is 6.07 Å². The summed E-state index contributed by atoms with van der Waals surface area (Å²) in [6, 6.07) is 2.22. The van der Waals surface area contributed by atoms with Crippen molar-refractivity contribution < 1.29 is 4.74 Å². The highest BCUT2D eigenvalue weighted by Crippen LogP contribution is 2.39. The van der Waals surface area contributed by atoms with Crippen molar-refractivity contribution in [3.05, 3.63) is 11.9 Å². The molecule has 1 aromatic rings. The average Bonchev–Trinajstić information content (AvgIpc) is 3.00. The summed E-state index contributed by atoms with van der Waals surface area (Å²) >= 11 is 0. The number of nitrogens with two attached hydrogens (primary N) is 1. The molecule has 3 aliphatic rings. The molecule has 18 heavy (non-hydrogen) atoms. The fourth-order valence-corrected chi connectivity index (χ4v) is 3.06. The van der Waals surface area contributed by atoms with Crippen LogP contribution in [0, 0.1) is 0 Å². The molecule has 3 atom stereocenters. The van der Waals surface area contributed by atoms with E-state index in [1.165, 1.54) is 25.7 Å². The molecule has 3 fully saturated rings. The van der Waals surface area contributed by atoms with Gasteiger partial charge in [0.25, 0.3) is 0 Å². The highest BCUT2D eigenvalue weighted by Gasteiger charge is 2.41. The van der Waals surface area contributed by atoms with Crippen molar-refractivity contribution in [2.45, 2.75) is 56.3 Å². The van der Waals surface area contributed by atoms with Crippen LogP contribution in [0.25, 0.3) is 0 Å². The van der Waals surface area contributed by atoms with Crippen LogP contribution in [0.3, 0.4) is 0 Å². The fraction of sp³-hybridized carbons (Fsp3) is 0.692. The second kappa shape index (κ2) is 3.82. The molecule has 1 aromatic heterocycles. The maximum absolute atomic E-state index is 5.85. The van der Waals surface area contributed by atoms with Gasteiger partial charge in [-0.05, 0) is 32.1 Å². The van der Waals surface area contributed by atoms with Gasteiger partial charge in [-0.2, -0.15) is 0 Å². The molecule has 2 aliphatic heterocycles. The zero-order valence-electron chi connectivity index (χ0n) is 10.3. The smallest absolute Gasteiger partial charge is 0.136 e. The molecule has 5 nitrogen and oxygen atoms in total. The molecule has 2 bridgehead atoms. The van der Waals surface area contributed by atoms with Gasteiger partial charge in [0.2, 0.25) is 0 Å². The standard InChI is InChI=1S/C13H18N4O/c14-11-6-12(17-13(16-11)7-1-2-7)15-9-5-8-3-4-10(9)18-8/h6-10H,1-5H2,(H3,14,15,16,17). The van der Waals surface area contributed by atoms with Gasteiger partial charge in [0.05, 0.1) is 18.2 Å². The SMILES string of the molecule is Nc1cc(NC2CC3CCC2O3)nc(C2CC2)n1. The van der Waals surface area contributed by atoms with Crippen LogP contribution in [0.1, 0.15) is 43.8 Å². The predicted molar refractivity (Wildman–Crippen MR) is 68.3 cm³/mol. The van der Waals surface area contributed by atoms with Gasteiger partial charge in [0.15, 0.2) is 0 Å². The summed E-state index contributed by atoms with van der Waals surface area (Å²) in [6.07, 6.45) is 6.67.